The van der Waals surface area contributed by atoms with Gasteiger partial charge >= 0.3 is 0 Å². The second-order valence-corrected chi connectivity index (χ2v) is 12.7. The Morgan fingerprint density at radius 3 is 2.64 bits per heavy atom. The molecule has 8 nitrogen and oxygen atoms in total. The van der Waals surface area contributed by atoms with Gasteiger partial charge in [0, 0.05) is 29.4 Å². The molecule has 36 heavy (non-hydrogen) atoms. The van der Waals surface area contributed by atoms with Crippen molar-refractivity contribution in [2.75, 3.05) is 24.6 Å². The van der Waals surface area contributed by atoms with E-state index in [1.54, 1.807) is 24.5 Å². The molecule has 1 spiro atoms. The molecule has 2 N–H and O–H groups in total. The fourth-order valence-corrected chi connectivity index (χ4v) is 6.87. The molecule has 192 valence electrons. The van der Waals surface area contributed by atoms with Crippen LogP contribution in [0.3, 0.4) is 0 Å². The lowest BCUT2D eigenvalue weighted by molar-refractivity contribution is 0.127. The third-order valence-corrected chi connectivity index (χ3v) is 9.49. The molecule has 1 aromatic carbocycles. The van der Waals surface area contributed by atoms with E-state index in [4.69, 9.17) is 22.1 Å². The molecule has 12 heteroatoms. The molecule has 2 aliphatic rings. The molecule has 2 aromatic heterocycles. The van der Waals surface area contributed by atoms with E-state index in [0.29, 0.717) is 15.4 Å². The van der Waals surface area contributed by atoms with Crippen molar-refractivity contribution in [2.24, 2.45) is 11.1 Å². The minimum Gasteiger partial charge on any atom is -0.366 e. The van der Waals surface area contributed by atoms with E-state index in [-0.39, 0.29) is 38.1 Å². The van der Waals surface area contributed by atoms with Crippen LogP contribution in [-0.4, -0.2) is 55.0 Å². The van der Waals surface area contributed by atoms with Crippen molar-refractivity contribution in [1.29, 1.82) is 0 Å². The summed E-state index contributed by atoms with van der Waals surface area (Å²) in [6.07, 6.45) is 6.76. The molecule has 0 radical (unpaired) electrons. The maximum atomic E-state index is 14.1. The third kappa shape index (κ3) is 5.09. The number of anilines is 1. The molecule has 0 aliphatic carbocycles. The Bertz CT molecular complexity index is 1330. The number of hydrogen-bond donors (Lipinski definition) is 1. The highest BCUT2D eigenvalue weighted by molar-refractivity contribution is 14.1. The van der Waals surface area contributed by atoms with Crippen LogP contribution in [0.5, 0.6) is 0 Å². The molecule has 2 saturated heterocycles. The number of aromatic nitrogens is 4. The van der Waals surface area contributed by atoms with E-state index in [1.807, 2.05) is 0 Å². The van der Waals surface area contributed by atoms with Gasteiger partial charge in [-0.15, -0.1) is 0 Å². The van der Waals surface area contributed by atoms with E-state index >= 15 is 0 Å². The first kappa shape index (κ1) is 26.1. The number of fused-ring (bicyclic) bond motifs is 1. The zero-order valence-electron chi connectivity index (χ0n) is 20.0. The van der Waals surface area contributed by atoms with E-state index in [0.717, 1.165) is 38.4 Å². The van der Waals surface area contributed by atoms with Gasteiger partial charge in [-0.3, -0.25) is 9.36 Å². The van der Waals surface area contributed by atoms with Crippen LogP contribution in [-0.2, 0) is 11.3 Å². The van der Waals surface area contributed by atoms with E-state index in [1.165, 1.54) is 36.5 Å². The Hall–Kier alpha value is -1.54. The van der Waals surface area contributed by atoms with Gasteiger partial charge in [-0.1, -0.05) is 23.4 Å². The van der Waals surface area contributed by atoms with Crippen LogP contribution in [0.4, 0.5) is 10.2 Å². The van der Waals surface area contributed by atoms with Gasteiger partial charge in [0.1, 0.15) is 20.6 Å². The van der Waals surface area contributed by atoms with Gasteiger partial charge in [0.05, 0.1) is 47.8 Å². The maximum absolute atomic E-state index is 14.1. The molecule has 0 amide bonds. The Balaban J connectivity index is 1.31. The molecule has 5 rings (SSSR count). The molecule has 4 heterocycles. The molecule has 2 aliphatic heterocycles. The topological polar surface area (TPSA) is 99.2 Å². The monoisotopic (exact) mass is 644 g/mol. The smallest absolute Gasteiger partial charge is 0.262 e. The Labute approximate surface area is 231 Å². The fraction of sp³-hybridized carbons (Fsp3) is 0.500. The second kappa shape index (κ2) is 9.97. The zero-order chi connectivity index (χ0) is 25.7. The highest BCUT2D eigenvalue weighted by atomic mass is 127. The average Bonchev–Trinajstić information content (AvgIpc) is 3.11. The predicted octanol–water partition coefficient (Wildman–Crippen LogP) is 4.44. The van der Waals surface area contributed by atoms with Gasteiger partial charge in [0.25, 0.3) is 5.56 Å². The lowest BCUT2D eigenvalue weighted by Crippen LogP contribution is -2.50. The number of nitrogens with two attached hydrogens (primary N) is 1. The summed E-state index contributed by atoms with van der Waals surface area (Å²) in [4.78, 5) is 29.4. The summed E-state index contributed by atoms with van der Waals surface area (Å²) in [6.45, 7) is 5.15. The summed E-state index contributed by atoms with van der Waals surface area (Å²) in [7, 11) is 0. The molecule has 3 aromatic rings. The van der Waals surface area contributed by atoms with Crippen LogP contribution in [0, 0.1) is 5.41 Å². The quantitative estimate of drug-likeness (QED) is 0.322. The van der Waals surface area contributed by atoms with Crippen LogP contribution in [0.25, 0.3) is 10.9 Å². The van der Waals surface area contributed by atoms with Crippen molar-refractivity contribution in [2.45, 2.75) is 59.0 Å². The summed E-state index contributed by atoms with van der Waals surface area (Å²) in [6, 6.07) is 3.59. The summed E-state index contributed by atoms with van der Waals surface area (Å²) in [5.41, 5.74) is 5.01. The van der Waals surface area contributed by atoms with Crippen LogP contribution >= 0.6 is 46.0 Å². The number of benzene rings is 1. The van der Waals surface area contributed by atoms with E-state index in [2.05, 4.69) is 42.4 Å². The van der Waals surface area contributed by atoms with Crippen LogP contribution in [0.15, 0.2) is 45.6 Å². The fourth-order valence-electron chi connectivity index (χ4n) is 4.80. The second-order valence-electron chi connectivity index (χ2n) is 10.0. The average molecular weight is 645 g/mol. The predicted molar refractivity (Wildman–Crippen MR) is 148 cm³/mol. The zero-order valence-corrected chi connectivity index (χ0v) is 23.7. The molecule has 2 fully saturated rings. The number of piperidine rings is 1. The Kier molecular flexibility index (Phi) is 7.22. The molecular weight excluding hydrogens is 618 g/mol. The Morgan fingerprint density at radius 1 is 1.28 bits per heavy atom. The van der Waals surface area contributed by atoms with Crippen molar-refractivity contribution in [3.63, 3.8) is 0 Å². The number of rotatable bonds is 5. The minimum absolute atomic E-state index is 0.0474. The molecule has 0 saturated carbocycles. The standard InChI is InChI=1S/C24H27ClFIN6O2S/c1-23(2,26)11-33-13-31-14-3-4-15(19(25)18(14)22(33)34)36-17-10-29-16(9-30-17)32-7-5-24(6-8-32)12-35-21(27)20(24)28/h3-4,9-10,13,20-21H,5-8,11-12,28H2,1-2H3/t20-,21-/m1/s1. The normalized spacial score (nSPS) is 22.0. The lowest BCUT2D eigenvalue weighted by Gasteiger charge is -2.41. The van der Waals surface area contributed by atoms with Crippen molar-refractivity contribution in [3.8, 4) is 0 Å². The number of alkyl halides is 2. The van der Waals surface area contributed by atoms with Crippen molar-refractivity contribution in [3.05, 3.63) is 46.2 Å². The summed E-state index contributed by atoms with van der Waals surface area (Å²) in [5.74, 6) is 0.818. The van der Waals surface area contributed by atoms with Crippen LogP contribution in [0.1, 0.15) is 26.7 Å². The first-order valence-corrected chi connectivity index (χ1v) is 14.1. The molecule has 0 unspecified atom stereocenters. The van der Waals surface area contributed by atoms with E-state index in [9.17, 15) is 9.18 Å². The van der Waals surface area contributed by atoms with Gasteiger partial charge < -0.3 is 15.4 Å². The van der Waals surface area contributed by atoms with Crippen LogP contribution in [0.2, 0.25) is 5.02 Å². The number of halogens is 3. The van der Waals surface area contributed by atoms with Crippen molar-refractivity contribution >= 4 is 62.7 Å². The molecule has 0 bridgehead atoms. The van der Waals surface area contributed by atoms with Gasteiger partial charge in [0.2, 0.25) is 0 Å². The van der Waals surface area contributed by atoms with Gasteiger partial charge in [-0.25, -0.2) is 19.3 Å². The highest BCUT2D eigenvalue weighted by Crippen LogP contribution is 2.43. The minimum atomic E-state index is -1.56. The molecule has 2 atom stereocenters. The summed E-state index contributed by atoms with van der Waals surface area (Å²) in [5, 5.41) is 1.20. The van der Waals surface area contributed by atoms with Crippen LogP contribution < -0.4 is 16.2 Å². The number of hydrogen-bond acceptors (Lipinski definition) is 8. The summed E-state index contributed by atoms with van der Waals surface area (Å²) < 4.78 is 21.3. The number of nitrogens with zero attached hydrogens (tertiary/aromatic N) is 5. The molecular formula is C24H27ClFIN6O2S. The largest absolute Gasteiger partial charge is 0.366 e. The first-order valence-electron chi connectivity index (χ1n) is 11.7. The van der Waals surface area contributed by atoms with Gasteiger partial charge in [0.15, 0.2) is 0 Å². The SMILES string of the molecule is CC(C)(F)Cn1cnc2ccc(Sc3cnc(N4CCC5(CC4)CO[C@@H](I)[C@H]5N)cn3)c(Cl)c2c1=O. The number of ether oxygens (including phenoxy) is 1. The summed E-state index contributed by atoms with van der Waals surface area (Å²) >= 11 is 10.2. The highest BCUT2D eigenvalue weighted by Gasteiger charge is 2.48. The van der Waals surface area contributed by atoms with E-state index < -0.39 is 5.67 Å². The van der Waals surface area contributed by atoms with Crippen molar-refractivity contribution < 1.29 is 9.13 Å². The van der Waals surface area contributed by atoms with Crippen molar-refractivity contribution in [1.82, 2.24) is 19.5 Å². The first-order chi connectivity index (χ1) is 17.1. The maximum Gasteiger partial charge on any atom is 0.262 e. The Morgan fingerprint density at radius 2 is 2.03 bits per heavy atom. The van der Waals surface area contributed by atoms with Gasteiger partial charge in [-0.2, -0.15) is 0 Å². The van der Waals surface area contributed by atoms with Gasteiger partial charge in [-0.05, 0) is 61.4 Å². The lowest BCUT2D eigenvalue weighted by atomic mass is 9.75. The third-order valence-electron chi connectivity index (χ3n) is 6.87.